The third-order valence-corrected chi connectivity index (χ3v) is 5.21. The molecule has 0 aliphatic carbocycles. The van der Waals surface area contributed by atoms with Crippen molar-refractivity contribution in [2.24, 2.45) is 5.41 Å². The molecule has 0 bridgehead atoms. The highest BCUT2D eigenvalue weighted by Gasteiger charge is 2.29. The Morgan fingerprint density at radius 1 is 1.35 bits per heavy atom. The molecule has 5 nitrogen and oxygen atoms in total. The Morgan fingerprint density at radius 3 is 2.62 bits per heavy atom. The second-order valence-electron chi connectivity index (χ2n) is 6.99. The number of carbonyl (C=O) groups excluding carboxylic acids is 1. The molecule has 0 saturated heterocycles. The number of benzene rings is 1. The van der Waals surface area contributed by atoms with Gasteiger partial charge in [-0.15, -0.1) is 0 Å². The Morgan fingerprint density at radius 2 is 2.04 bits per heavy atom. The van der Waals surface area contributed by atoms with Gasteiger partial charge < -0.3 is 13.5 Å². The largest absolute Gasteiger partial charge is 0.462 e. The summed E-state index contributed by atoms with van der Waals surface area (Å²) in [4.78, 5) is 25.2. The van der Waals surface area contributed by atoms with Gasteiger partial charge in [-0.3, -0.25) is 4.79 Å². The van der Waals surface area contributed by atoms with Crippen LogP contribution in [0.4, 0.5) is 0 Å². The molecule has 1 aromatic carbocycles. The standard InChI is InChI=1S/C19H24INO4S/c1-6-24-18(23)14-10-21(16(11-25-26-5)19(2,3)4)15-8-7-12(20)9-13(15)17(14)22/h7-10,16H,6,11H2,1-5H3/t16-/m1/s1. The number of hydrogen-bond donors (Lipinski definition) is 0. The lowest BCUT2D eigenvalue weighted by molar-refractivity contribution is 0.0523. The zero-order valence-corrected chi connectivity index (χ0v) is 18.6. The first-order chi connectivity index (χ1) is 12.2. The Hall–Kier alpha value is -1.06. The number of fused-ring (bicyclic) bond motifs is 1. The fourth-order valence-electron chi connectivity index (χ4n) is 2.82. The summed E-state index contributed by atoms with van der Waals surface area (Å²) in [7, 11) is 0. The molecule has 2 rings (SSSR count). The van der Waals surface area contributed by atoms with E-state index in [-0.39, 0.29) is 29.1 Å². The highest BCUT2D eigenvalue weighted by Crippen LogP contribution is 2.34. The number of pyridine rings is 1. The second kappa shape index (κ2) is 8.75. The molecule has 26 heavy (non-hydrogen) atoms. The van der Waals surface area contributed by atoms with Crippen LogP contribution in [0.15, 0.2) is 29.2 Å². The Labute approximate surface area is 171 Å². The third kappa shape index (κ3) is 4.61. The van der Waals surface area contributed by atoms with E-state index in [9.17, 15) is 9.59 Å². The molecule has 0 saturated carbocycles. The van der Waals surface area contributed by atoms with Crippen LogP contribution in [0.25, 0.3) is 10.9 Å². The third-order valence-electron chi connectivity index (χ3n) is 4.17. The van der Waals surface area contributed by atoms with E-state index in [1.165, 1.54) is 12.0 Å². The number of nitrogens with zero attached hydrogens (tertiary/aromatic N) is 1. The van der Waals surface area contributed by atoms with Crippen molar-refractivity contribution in [3.8, 4) is 0 Å². The molecule has 0 aliphatic rings. The lowest BCUT2D eigenvalue weighted by Crippen LogP contribution is -2.31. The SMILES string of the molecule is CCOC(=O)c1cn([C@H](COSC)C(C)(C)C)c2ccc(I)cc2c1=O. The van der Waals surface area contributed by atoms with Crippen LogP contribution in [-0.2, 0) is 8.92 Å². The van der Waals surface area contributed by atoms with Gasteiger partial charge in [0.2, 0.25) is 5.43 Å². The van der Waals surface area contributed by atoms with Gasteiger partial charge in [0, 0.05) is 21.4 Å². The first kappa shape index (κ1) is 21.2. The first-order valence-electron chi connectivity index (χ1n) is 8.37. The molecule has 1 atom stereocenters. The van der Waals surface area contributed by atoms with Gasteiger partial charge in [-0.1, -0.05) is 20.8 Å². The fourth-order valence-corrected chi connectivity index (χ4v) is 3.58. The van der Waals surface area contributed by atoms with Gasteiger partial charge in [-0.25, -0.2) is 4.79 Å². The predicted molar refractivity (Wildman–Crippen MR) is 115 cm³/mol. The maximum Gasteiger partial charge on any atom is 0.343 e. The molecule has 0 unspecified atom stereocenters. The summed E-state index contributed by atoms with van der Waals surface area (Å²) in [6, 6.07) is 5.63. The van der Waals surface area contributed by atoms with Crippen LogP contribution in [0.1, 0.15) is 44.1 Å². The van der Waals surface area contributed by atoms with E-state index in [0.29, 0.717) is 12.0 Å². The van der Waals surface area contributed by atoms with Crippen molar-refractivity contribution >= 4 is 51.5 Å². The van der Waals surface area contributed by atoms with Gasteiger partial charge >= 0.3 is 5.97 Å². The minimum atomic E-state index is -0.592. The molecule has 1 aromatic heterocycles. The molecule has 2 aromatic rings. The van der Waals surface area contributed by atoms with E-state index >= 15 is 0 Å². The summed E-state index contributed by atoms with van der Waals surface area (Å²) >= 11 is 3.47. The van der Waals surface area contributed by atoms with Gasteiger partial charge in [0.15, 0.2) is 0 Å². The zero-order valence-electron chi connectivity index (χ0n) is 15.7. The van der Waals surface area contributed by atoms with E-state index < -0.39 is 5.97 Å². The predicted octanol–water partition coefficient (Wildman–Crippen LogP) is 4.66. The molecule has 0 fully saturated rings. The van der Waals surface area contributed by atoms with Crippen LogP contribution in [0.3, 0.4) is 0 Å². The summed E-state index contributed by atoms with van der Waals surface area (Å²) in [5, 5.41) is 0.515. The number of halogens is 1. The Bertz CT molecular complexity index is 857. The Kier molecular flexibility index (Phi) is 7.15. The van der Waals surface area contributed by atoms with E-state index in [1.807, 2.05) is 29.0 Å². The van der Waals surface area contributed by atoms with Crippen LogP contribution in [0, 0.1) is 8.99 Å². The molecule has 7 heteroatoms. The number of hydrogen-bond acceptors (Lipinski definition) is 5. The fraction of sp³-hybridized carbons (Fsp3) is 0.474. The maximum atomic E-state index is 12.9. The summed E-state index contributed by atoms with van der Waals surface area (Å²) in [6.07, 6.45) is 3.49. The van der Waals surface area contributed by atoms with Crippen LogP contribution < -0.4 is 5.43 Å². The van der Waals surface area contributed by atoms with Gasteiger partial charge in [-0.2, -0.15) is 0 Å². The average Bonchev–Trinajstić information content (AvgIpc) is 2.56. The minimum absolute atomic E-state index is 0.0553. The van der Waals surface area contributed by atoms with Crippen LogP contribution in [-0.4, -0.2) is 30.0 Å². The normalized spacial score (nSPS) is 13.0. The average molecular weight is 489 g/mol. The number of ether oxygens (including phenoxy) is 1. The number of aromatic nitrogens is 1. The highest BCUT2D eigenvalue weighted by molar-refractivity contribution is 14.1. The van der Waals surface area contributed by atoms with E-state index in [4.69, 9.17) is 8.92 Å². The van der Waals surface area contributed by atoms with Crippen molar-refractivity contribution in [2.45, 2.75) is 33.7 Å². The van der Waals surface area contributed by atoms with E-state index in [1.54, 1.807) is 13.1 Å². The van der Waals surface area contributed by atoms with Crippen molar-refractivity contribution in [1.82, 2.24) is 4.57 Å². The van der Waals surface area contributed by atoms with Crippen molar-refractivity contribution in [1.29, 1.82) is 0 Å². The number of rotatable bonds is 6. The van der Waals surface area contributed by atoms with Crippen molar-refractivity contribution in [3.63, 3.8) is 0 Å². The lowest BCUT2D eigenvalue weighted by atomic mass is 9.86. The molecular formula is C19H24INO4S. The van der Waals surface area contributed by atoms with Crippen LogP contribution in [0.5, 0.6) is 0 Å². The monoisotopic (exact) mass is 489 g/mol. The smallest absolute Gasteiger partial charge is 0.343 e. The molecule has 0 aliphatic heterocycles. The molecule has 0 amide bonds. The Balaban J connectivity index is 2.79. The topological polar surface area (TPSA) is 57.5 Å². The molecule has 0 N–H and O–H groups in total. The maximum absolute atomic E-state index is 12.9. The summed E-state index contributed by atoms with van der Waals surface area (Å²) in [5.41, 5.74) is 0.395. The van der Waals surface area contributed by atoms with Crippen molar-refractivity contribution in [3.05, 3.63) is 43.8 Å². The van der Waals surface area contributed by atoms with Crippen molar-refractivity contribution < 1.29 is 13.7 Å². The van der Waals surface area contributed by atoms with Crippen molar-refractivity contribution in [2.75, 3.05) is 19.5 Å². The summed E-state index contributed by atoms with van der Waals surface area (Å²) in [5.74, 6) is -0.592. The van der Waals surface area contributed by atoms with Crippen LogP contribution >= 0.6 is 34.6 Å². The van der Waals surface area contributed by atoms with Crippen LogP contribution in [0.2, 0.25) is 0 Å². The van der Waals surface area contributed by atoms with E-state index in [0.717, 1.165) is 9.09 Å². The number of carbonyl (C=O) groups is 1. The minimum Gasteiger partial charge on any atom is -0.462 e. The summed E-state index contributed by atoms with van der Waals surface area (Å²) < 4.78 is 13.6. The first-order valence-corrected chi connectivity index (χ1v) is 10.6. The molecule has 1 heterocycles. The zero-order chi connectivity index (χ0) is 19.5. The van der Waals surface area contributed by atoms with Gasteiger partial charge in [0.25, 0.3) is 0 Å². The van der Waals surface area contributed by atoms with E-state index in [2.05, 4.69) is 43.4 Å². The van der Waals surface area contributed by atoms with Gasteiger partial charge in [0.05, 0.1) is 24.8 Å². The molecule has 0 radical (unpaired) electrons. The molecular weight excluding hydrogens is 465 g/mol. The molecule has 0 spiro atoms. The highest BCUT2D eigenvalue weighted by atomic mass is 127. The second-order valence-corrected chi connectivity index (χ2v) is 8.81. The van der Waals surface area contributed by atoms with Gasteiger partial charge in [-0.05, 0) is 65.2 Å². The lowest BCUT2D eigenvalue weighted by Gasteiger charge is -2.33. The molecule has 142 valence electrons. The quantitative estimate of drug-likeness (QED) is 0.336. The van der Waals surface area contributed by atoms with Gasteiger partial charge in [0.1, 0.15) is 5.56 Å². The number of esters is 1. The summed E-state index contributed by atoms with van der Waals surface area (Å²) in [6.45, 7) is 8.74.